The first-order valence-electron chi connectivity index (χ1n) is 8.13. The molecule has 1 aliphatic rings. The van der Waals surface area contributed by atoms with Crippen LogP contribution in [0, 0.1) is 0 Å². The summed E-state index contributed by atoms with van der Waals surface area (Å²) >= 11 is 0. The number of carbonyl (C=O) groups is 1. The number of amides is 1. The van der Waals surface area contributed by atoms with Crippen molar-refractivity contribution in [2.75, 3.05) is 13.6 Å². The fraction of sp³-hybridized carbons (Fsp3) is 0.471. The maximum Gasteiger partial charge on any atom is 0.246 e. The molecule has 132 valence electrons. The van der Waals surface area contributed by atoms with Crippen molar-refractivity contribution in [2.24, 2.45) is 5.73 Å². The highest BCUT2D eigenvalue weighted by Gasteiger charge is 2.27. The zero-order chi connectivity index (χ0) is 17.7. The molecule has 24 heavy (non-hydrogen) atoms. The molecule has 1 aromatic carbocycles. The van der Waals surface area contributed by atoms with Gasteiger partial charge in [0.25, 0.3) is 0 Å². The van der Waals surface area contributed by atoms with Crippen molar-refractivity contribution in [1.82, 2.24) is 9.62 Å². The number of hydrogen-bond donors (Lipinski definition) is 2. The van der Waals surface area contributed by atoms with Crippen molar-refractivity contribution in [2.45, 2.75) is 43.2 Å². The van der Waals surface area contributed by atoms with E-state index in [2.05, 4.69) is 4.72 Å². The molecule has 0 aromatic heterocycles. The van der Waals surface area contributed by atoms with E-state index in [1.54, 1.807) is 18.2 Å². The zero-order valence-corrected chi connectivity index (χ0v) is 14.9. The number of carbonyl (C=O) groups excluding carboxylic acids is 1. The average Bonchev–Trinajstić information content (AvgIpc) is 2.60. The highest BCUT2D eigenvalue weighted by atomic mass is 32.2. The maximum atomic E-state index is 12.4. The standard InChI is InChI=1S/C17H25N3O3S/c1-13(18)16-5-3-4-12-20(16)17(21)11-8-14-6-9-15(10-7-14)24(22,23)19-2/h6-11,13,16,19H,3-5,12,18H2,1-2H3/b11-8+. The van der Waals surface area contributed by atoms with Crippen LogP contribution >= 0.6 is 0 Å². The van der Waals surface area contributed by atoms with Crippen LogP contribution in [0.5, 0.6) is 0 Å². The number of nitrogens with zero attached hydrogens (tertiary/aromatic N) is 1. The van der Waals surface area contributed by atoms with E-state index in [1.165, 1.54) is 25.3 Å². The van der Waals surface area contributed by atoms with Crippen molar-refractivity contribution in [1.29, 1.82) is 0 Å². The van der Waals surface area contributed by atoms with E-state index in [4.69, 9.17) is 5.73 Å². The monoisotopic (exact) mass is 351 g/mol. The Morgan fingerprint density at radius 1 is 1.33 bits per heavy atom. The van der Waals surface area contributed by atoms with E-state index >= 15 is 0 Å². The van der Waals surface area contributed by atoms with Crippen molar-refractivity contribution in [3.05, 3.63) is 35.9 Å². The third-order valence-electron chi connectivity index (χ3n) is 4.32. The van der Waals surface area contributed by atoms with Crippen molar-refractivity contribution in [3.63, 3.8) is 0 Å². The SMILES string of the molecule is CNS(=O)(=O)c1ccc(/C=C/C(=O)N2CCCCC2C(C)N)cc1. The highest BCUT2D eigenvalue weighted by molar-refractivity contribution is 7.89. The lowest BCUT2D eigenvalue weighted by Gasteiger charge is -2.37. The molecule has 2 unspecified atom stereocenters. The van der Waals surface area contributed by atoms with E-state index in [0.717, 1.165) is 31.4 Å². The van der Waals surface area contributed by atoms with Crippen LogP contribution in [0.4, 0.5) is 0 Å². The third-order valence-corrected chi connectivity index (χ3v) is 5.75. The molecule has 0 aliphatic carbocycles. The summed E-state index contributed by atoms with van der Waals surface area (Å²) in [6.45, 7) is 2.66. The lowest BCUT2D eigenvalue weighted by atomic mass is 9.97. The zero-order valence-electron chi connectivity index (χ0n) is 14.1. The Morgan fingerprint density at radius 2 is 2.00 bits per heavy atom. The molecule has 1 aliphatic heterocycles. The number of hydrogen-bond acceptors (Lipinski definition) is 4. The van der Waals surface area contributed by atoms with Gasteiger partial charge in [0.05, 0.1) is 4.90 Å². The number of piperidine rings is 1. The first kappa shape index (κ1) is 18.6. The Kier molecular flexibility index (Phi) is 6.15. The Balaban J connectivity index is 2.08. The summed E-state index contributed by atoms with van der Waals surface area (Å²) in [5.41, 5.74) is 6.76. The Bertz CT molecular complexity index is 696. The van der Waals surface area contributed by atoms with Gasteiger partial charge in [-0.05, 0) is 57.0 Å². The predicted molar refractivity (Wildman–Crippen MR) is 94.7 cm³/mol. The van der Waals surface area contributed by atoms with Gasteiger partial charge in [-0.25, -0.2) is 13.1 Å². The topological polar surface area (TPSA) is 92.5 Å². The highest BCUT2D eigenvalue weighted by Crippen LogP contribution is 2.20. The van der Waals surface area contributed by atoms with E-state index in [1.807, 2.05) is 11.8 Å². The molecular weight excluding hydrogens is 326 g/mol. The second-order valence-electron chi connectivity index (χ2n) is 6.06. The molecule has 0 bridgehead atoms. The number of sulfonamides is 1. The molecule has 0 saturated carbocycles. The van der Waals surface area contributed by atoms with Gasteiger partial charge < -0.3 is 10.6 Å². The number of nitrogens with one attached hydrogen (secondary N) is 1. The minimum Gasteiger partial charge on any atom is -0.335 e. The average molecular weight is 351 g/mol. The first-order valence-corrected chi connectivity index (χ1v) is 9.61. The molecule has 1 amide bonds. The normalized spacial score (nSPS) is 20.3. The molecule has 6 nitrogen and oxygen atoms in total. The molecule has 7 heteroatoms. The number of rotatable bonds is 5. The molecular formula is C17H25N3O3S. The number of benzene rings is 1. The van der Waals surface area contributed by atoms with Gasteiger partial charge in [0.15, 0.2) is 0 Å². The molecule has 0 spiro atoms. The van der Waals surface area contributed by atoms with E-state index in [9.17, 15) is 13.2 Å². The van der Waals surface area contributed by atoms with Gasteiger partial charge in [-0.15, -0.1) is 0 Å². The summed E-state index contributed by atoms with van der Waals surface area (Å²) in [5.74, 6) is -0.0519. The van der Waals surface area contributed by atoms with Gasteiger partial charge in [0.2, 0.25) is 15.9 Å². The van der Waals surface area contributed by atoms with Gasteiger partial charge in [0, 0.05) is 24.7 Å². The molecule has 1 aromatic rings. The molecule has 0 radical (unpaired) electrons. The largest absolute Gasteiger partial charge is 0.335 e. The molecule has 3 N–H and O–H groups in total. The summed E-state index contributed by atoms with van der Waals surface area (Å²) in [6.07, 6.45) is 6.27. The summed E-state index contributed by atoms with van der Waals surface area (Å²) < 4.78 is 25.6. The van der Waals surface area contributed by atoms with E-state index < -0.39 is 10.0 Å². The molecule has 2 atom stereocenters. The molecule has 1 heterocycles. The summed E-state index contributed by atoms with van der Waals surface area (Å²) in [7, 11) is -2.07. The minimum atomic E-state index is -3.44. The Morgan fingerprint density at radius 3 is 2.58 bits per heavy atom. The van der Waals surface area contributed by atoms with Crippen molar-refractivity contribution < 1.29 is 13.2 Å². The number of likely N-dealkylation sites (tertiary alicyclic amines) is 1. The first-order chi connectivity index (χ1) is 11.3. The van der Waals surface area contributed by atoms with Crippen LogP contribution < -0.4 is 10.5 Å². The van der Waals surface area contributed by atoms with Gasteiger partial charge >= 0.3 is 0 Å². The summed E-state index contributed by atoms with van der Waals surface area (Å²) in [6, 6.07) is 6.41. The predicted octanol–water partition coefficient (Wildman–Crippen LogP) is 1.34. The maximum absolute atomic E-state index is 12.4. The number of nitrogens with two attached hydrogens (primary N) is 1. The van der Waals surface area contributed by atoms with Crippen LogP contribution in [0.15, 0.2) is 35.2 Å². The van der Waals surface area contributed by atoms with Crippen LogP contribution in [-0.4, -0.2) is 44.9 Å². The third kappa shape index (κ3) is 4.43. The van der Waals surface area contributed by atoms with Gasteiger partial charge in [-0.1, -0.05) is 12.1 Å². The van der Waals surface area contributed by atoms with Crippen LogP contribution in [0.25, 0.3) is 6.08 Å². The van der Waals surface area contributed by atoms with Crippen molar-refractivity contribution in [3.8, 4) is 0 Å². The van der Waals surface area contributed by atoms with Crippen LogP contribution in [0.2, 0.25) is 0 Å². The fourth-order valence-electron chi connectivity index (χ4n) is 2.92. The fourth-order valence-corrected chi connectivity index (χ4v) is 3.65. The van der Waals surface area contributed by atoms with E-state index in [0.29, 0.717) is 0 Å². The molecule has 1 fully saturated rings. The van der Waals surface area contributed by atoms with Crippen LogP contribution in [0.1, 0.15) is 31.7 Å². The lowest BCUT2D eigenvalue weighted by molar-refractivity contribution is -0.129. The summed E-state index contributed by atoms with van der Waals surface area (Å²) in [5, 5.41) is 0. The second-order valence-corrected chi connectivity index (χ2v) is 7.95. The van der Waals surface area contributed by atoms with Crippen molar-refractivity contribution >= 4 is 22.0 Å². The summed E-state index contributed by atoms with van der Waals surface area (Å²) in [4.78, 5) is 14.5. The van der Waals surface area contributed by atoms with Gasteiger partial charge in [0.1, 0.15) is 0 Å². The minimum absolute atomic E-state index is 0.0475. The van der Waals surface area contributed by atoms with E-state index in [-0.39, 0.29) is 22.9 Å². The Labute approximate surface area is 143 Å². The van der Waals surface area contributed by atoms with Crippen LogP contribution in [0.3, 0.4) is 0 Å². The van der Waals surface area contributed by atoms with Gasteiger partial charge in [-0.2, -0.15) is 0 Å². The van der Waals surface area contributed by atoms with Crippen LogP contribution in [-0.2, 0) is 14.8 Å². The molecule has 1 saturated heterocycles. The molecule has 2 rings (SSSR count). The quantitative estimate of drug-likeness (QED) is 0.783. The smallest absolute Gasteiger partial charge is 0.246 e. The van der Waals surface area contributed by atoms with Gasteiger partial charge in [-0.3, -0.25) is 4.79 Å². The lowest BCUT2D eigenvalue weighted by Crippen LogP contribution is -2.51. The Hall–Kier alpha value is -1.70. The second kappa shape index (κ2) is 7.92.